The van der Waals surface area contributed by atoms with E-state index < -0.39 is 22.9 Å². The molecule has 2 aliphatic rings. The number of nitrogens with one attached hydrogen (secondary N) is 2. The topological polar surface area (TPSA) is 76.0 Å². The molecule has 2 aromatic carbocycles. The van der Waals surface area contributed by atoms with E-state index in [1.54, 1.807) is 12.1 Å². The predicted octanol–water partition coefficient (Wildman–Crippen LogP) is 5.35. The average Bonchev–Trinajstić information content (AvgIpc) is 3.23. The fourth-order valence-corrected chi connectivity index (χ4v) is 5.21. The van der Waals surface area contributed by atoms with E-state index in [-0.39, 0.29) is 18.0 Å². The number of amides is 2. The number of aryl methyl sites for hydroxylation is 2. The number of rotatable bonds is 4. The summed E-state index contributed by atoms with van der Waals surface area (Å²) in [5.41, 5.74) is 1.73. The fourth-order valence-electron chi connectivity index (χ4n) is 4.12. The zero-order chi connectivity index (χ0) is 23.9. The molecule has 3 heterocycles. The van der Waals surface area contributed by atoms with Gasteiger partial charge in [0, 0.05) is 41.7 Å². The van der Waals surface area contributed by atoms with Crippen LogP contribution in [0.15, 0.2) is 53.6 Å². The molecule has 0 saturated carbocycles. The number of halogens is 3. The highest BCUT2D eigenvalue weighted by molar-refractivity contribution is 8.01. The largest absolute Gasteiger partial charge is 0.416 e. The van der Waals surface area contributed by atoms with Gasteiger partial charge in [-0.3, -0.25) is 9.59 Å². The maximum Gasteiger partial charge on any atom is 0.416 e. The Bertz CT molecular complexity index is 1230. The van der Waals surface area contributed by atoms with Crippen molar-refractivity contribution in [2.75, 3.05) is 10.6 Å². The van der Waals surface area contributed by atoms with E-state index in [0.29, 0.717) is 10.6 Å². The third-order valence-corrected chi connectivity index (χ3v) is 7.15. The first-order valence-electron chi connectivity index (χ1n) is 10.9. The van der Waals surface area contributed by atoms with Crippen LogP contribution < -0.4 is 10.6 Å². The van der Waals surface area contributed by atoms with E-state index >= 15 is 0 Å². The third-order valence-electron chi connectivity index (χ3n) is 5.87. The number of hydrogen-bond acceptors (Lipinski definition) is 4. The second-order valence-electron chi connectivity index (χ2n) is 8.33. The first-order chi connectivity index (χ1) is 16.3. The molecule has 10 heteroatoms. The van der Waals surface area contributed by atoms with Gasteiger partial charge in [0.25, 0.3) is 0 Å². The molecule has 1 aromatic heterocycles. The monoisotopic (exact) mass is 486 g/mol. The van der Waals surface area contributed by atoms with Crippen molar-refractivity contribution >= 4 is 35.0 Å². The summed E-state index contributed by atoms with van der Waals surface area (Å²) >= 11 is 1.09. The number of nitrogens with zero attached hydrogens (tertiary/aromatic N) is 2. The summed E-state index contributed by atoms with van der Waals surface area (Å²) in [5.74, 6) is 0.248. The summed E-state index contributed by atoms with van der Waals surface area (Å²) in [7, 11) is 0. The molecule has 0 spiro atoms. The lowest BCUT2D eigenvalue weighted by atomic mass is 10.1. The van der Waals surface area contributed by atoms with Crippen LogP contribution in [0.25, 0.3) is 11.3 Å². The molecule has 5 rings (SSSR count). The number of thioether (sulfide) groups is 1. The standard InChI is InChI=1S/C24H21F3N4O2S/c25-24(26,27)15-6-9-19-17(11-15)30-23(33)20(34-19)12-22(32)28-16-7-4-14(5-8-16)18-13-31-10-2-1-3-21(31)29-18/h4-9,11,13,20H,1-3,10,12H2,(H,28,32)(H,30,33). The van der Waals surface area contributed by atoms with Crippen LogP contribution in [-0.4, -0.2) is 26.6 Å². The second kappa shape index (κ2) is 8.83. The Morgan fingerprint density at radius 1 is 1.18 bits per heavy atom. The summed E-state index contributed by atoms with van der Waals surface area (Å²) in [6.45, 7) is 0.983. The minimum atomic E-state index is -4.49. The van der Waals surface area contributed by atoms with Gasteiger partial charge < -0.3 is 15.2 Å². The molecule has 2 aliphatic heterocycles. The van der Waals surface area contributed by atoms with E-state index in [0.717, 1.165) is 66.8 Å². The summed E-state index contributed by atoms with van der Waals surface area (Å²) in [6, 6.07) is 10.6. The van der Waals surface area contributed by atoms with E-state index in [2.05, 4.69) is 21.4 Å². The summed E-state index contributed by atoms with van der Waals surface area (Å²) in [4.78, 5) is 30.1. The van der Waals surface area contributed by atoms with E-state index in [1.807, 2.05) is 12.1 Å². The number of imidazole rings is 1. The number of anilines is 2. The molecule has 2 N–H and O–H groups in total. The third kappa shape index (κ3) is 4.68. The smallest absolute Gasteiger partial charge is 0.334 e. The van der Waals surface area contributed by atoms with E-state index in [1.165, 1.54) is 6.07 Å². The van der Waals surface area contributed by atoms with Gasteiger partial charge in [0.2, 0.25) is 11.8 Å². The van der Waals surface area contributed by atoms with Crippen LogP contribution in [0.3, 0.4) is 0 Å². The van der Waals surface area contributed by atoms with Crippen LogP contribution in [0.1, 0.15) is 30.7 Å². The molecule has 0 aliphatic carbocycles. The van der Waals surface area contributed by atoms with Crippen molar-refractivity contribution < 1.29 is 22.8 Å². The van der Waals surface area contributed by atoms with Crippen molar-refractivity contribution in [3.05, 3.63) is 60.0 Å². The van der Waals surface area contributed by atoms with Gasteiger partial charge in [-0.2, -0.15) is 13.2 Å². The van der Waals surface area contributed by atoms with Gasteiger partial charge in [-0.1, -0.05) is 12.1 Å². The van der Waals surface area contributed by atoms with Gasteiger partial charge in [0.1, 0.15) is 5.82 Å². The van der Waals surface area contributed by atoms with E-state index in [9.17, 15) is 22.8 Å². The summed E-state index contributed by atoms with van der Waals surface area (Å²) in [6.07, 6.45) is 0.746. The zero-order valence-corrected chi connectivity index (χ0v) is 18.8. The Balaban J connectivity index is 1.21. The number of aromatic nitrogens is 2. The number of hydrogen-bond donors (Lipinski definition) is 2. The van der Waals surface area contributed by atoms with Crippen molar-refractivity contribution in [1.82, 2.24) is 9.55 Å². The van der Waals surface area contributed by atoms with Gasteiger partial charge >= 0.3 is 6.18 Å². The number of fused-ring (bicyclic) bond motifs is 2. The van der Waals surface area contributed by atoms with Crippen LogP contribution in [0, 0.1) is 0 Å². The molecule has 0 bridgehead atoms. The molecule has 2 amide bonds. The maximum atomic E-state index is 12.9. The van der Waals surface area contributed by atoms with Crippen LogP contribution in [0.4, 0.5) is 24.5 Å². The van der Waals surface area contributed by atoms with Crippen molar-refractivity contribution in [1.29, 1.82) is 0 Å². The van der Waals surface area contributed by atoms with Gasteiger partial charge in [0.15, 0.2) is 0 Å². The van der Waals surface area contributed by atoms with Gasteiger partial charge in [0.05, 0.1) is 22.2 Å². The molecule has 1 atom stereocenters. The summed E-state index contributed by atoms with van der Waals surface area (Å²) in [5, 5.41) is 4.54. The van der Waals surface area contributed by atoms with Gasteiger partial charge in [-0.15, -0.1) is 11.8 Å². The average molecular weight is 487 g/mol. The maximum absolute atomic E-state index is 12.9. The Hall–Kier alpha value is -3.27. The first-order valence-corrected chi connectivity index (χ1v) is 11.8. The van der Waals surface area contributed by atoms with Crippen molar-refractivity contribution in [3.8, 4) is 11.3 Å². The number of carbonyl (C=O) groups excluding carboxylic acids is 2. The van der Waals surface area contributed by atoms with Crippen LogP contribution in [0.2, 0.25) is 0 Å². The van der Waals surface area contributed by atoms with Crippen molar-refractivity contribution in [2.24, 2.45) is 0 Å². The van der Waals surface area contributed by atoms with Crippen molar-refractivity contribution in [2.45, 2.75) is 48.5 Å². The lowest BCUT2D eigenvalue weighted by Gasteiger charge is -2.24. The Morgan fingerprint density at radius 2 is 1.97 bits per heavy atom. The highest BCUT2D eigenvalue weighted by Crippen LogP contribution is 2.40. The molecule has 34 heavy (non-hydrogen) atoms. The van der Waals surface area contributed by atoms with E-state index in [4.69, 9.17) is 4.98 Å². The highest BCUT2D eigenvalue weighted by Gasteiger charge is 2.34. The minimum absolute atomic E-state index is 0.105. The Kier molecular flexibility index (Phi) is 5.85. The van der Waals surface area contributed by atoms with Crippen LogP contribution in [0.5, 0.6) is 0 Å². The van der Waals surface area contributed by atoms with Crippen LogP contribution >= 0.6 is 11.8 Å². The zero-order valence-electron chi connectivity index (χ0n) is 18.0. The quantitative estimate of drug-likeness (QED) is 0.522. The second-order valence-corrected chi connectivity index (χ2v) is 9.57. The molecule has 0 saturated heterocycles. The number of alkyl halides is 3. The molecular weight excluding hydrogens is 465 g/mol. The number of carbonyl (C=O) groups is 2. The Morgan fingerprint density at radius 3 is 2.71 bits per heavy atom. The first kappa shape index (κ1) is 22.5. The SMILES string of the molecule is O=C(CC1Sc2ccc(C(F)(F)F)cc2NC1=O)Nc1ccc(-c2cn3c(n2)CCCC3)cc1. The Labute approximate surface area is 197 Å². The minimum Gasteiger partial charge on any atom is -0.334 e. The molecule has 0 radical (unpaired) electrons. The normalized spacial score (nSPS) is 17.5. The molecule has 176 valence electrons. The fraction of sp³-hybridized carbons (Fsp3) is 0.292. The molecule has 0 fully saturated rings. The highest BCUT2D eigenvalue weighted by atomic mass is 32.2. The van der Waals surface area contributed by atoms with Crippen molar-refractivity contribution in [3.63, 3.8) is 0 Å². The lowest BCUT2D eigenvalue weighted by Crippen LogP contribution is -2.32. The molecule has 6 nitrogen and oxygen atoms in total. The molecular formula is C24H21F3N4O2S. The van der Waals surface area contributed by atoms with Crippen LogP contribution in [-0.2, 0) is 28.7 Å². The predicted molar refractivity (Wildman–Crippen MR) is 124 cm³/mol. The summed E-state index contributed by atoms with van der Waals surface area (Å²) < 4.78 is 40.9. The molecule has 1 unspecified atom stereocenters. The lowest BCUT2D eigenvalue weighted by molar-refractivity contribution is -0.137. The van der Waals surface area contributed by atoms with Gasteiger partial charge in [-0.05, 0) is 43.2 Å². The number of benzene rings is 2. The van der Waals surface area contributed by atoms with Gasteiger partial charge in [-0.25, -0.2) is 4.98 Å². The molecule has 3 aromatic rings.